The molecule has 3 aromatic rings. The first-order chi connectivity index (χ1) is 12.6. The second-order valence-corrected chi connectivity index (χ2v) is 7.26. The molecule has 2 heterocycles. The topological polar surface area (TPSA) is 79.2 Å². The van der Waals surface area contributed by atoms with Gasteiger partial charge < -0.3 is 10.1 Å². The van der Waals surface area contributed by atoms with Gasteiger partial charge in [-0.3, -0.25) is 4.79 Å². The second kappa shape index (κ2) is 7.95. The predicted molar refractivity (Wildman–Crippen MR) is 102 cm³/mol. The number of nitrogens with zero attached hydrogens (tertiary/aromatic N) is 1. The van der Waals surface area contributed by atoms with Gasteiger partial charge in [-0.1, -0.05) is 29.8 Å². The third-order valence-electron chi connectivity index (χ3n) is 3.59. The number of anilines is 1. The number of nitriles is 1. The van der Waals surface area contributed by atoms with Gasteiger partial charge in [0.25, 0.3) is 5.91 Å². The molecule has 0 bridgehead atoms. The lowest BCUT2D eigenvalue weighted by atomic mass is 10.1. The zero-order valence-electron chi connectivity index (χ0n) is 13.8. The molecular formula is C19H14N2O3S2. The Balaban J connectivity index is 1.64. The Labute approximate surface area is 158 Å². The van der Waals surface area contributed by atoms with Gasteiger partial charge in [0.2, 0.25) is 0 Å². The number of amides is 1. The standard InChI is InChI=1S/C19H14N2O3S2/c1-12-2-4-13(5-3-12)15-7-9-25-17(15)19(23)24-11-16(22)21-18-14(10-20)6-8-26-18/h2-9H,11H2,1H3,(H,21,22). The maximum absolute atomic E-state index is 12.4. The zero-order valence-corrected chi connectivity index (χ0v) is 15.4. The van der Waals surface area contributed by atoms with Crippen LogP contribution in [0.1, 0.15) is 20.8 Å². The number of ether oxygens (including phenoxy) is 1. The molecule has 2 aromatic heterocycles. The summed E-state index contributed by atoms with van der Waals surface area (Å²) >= 11 is 2.51. The summed E-state index contributed by atoms with van der Waals surface area (Å²) in [5.41, 5.74) is 3.22. The minimum Gasteiger partial charge on any atom is -0.451 e. The van der Waals surface area contributed by atoms with Crippen molar-refractivity contribution in [2.45, 2.75) is 6.92 Å². The van der Waals surface area contributed by atoms with Crippen LogP contribution in [0.2, 0.25) is 0 Å². The highest BCUT2D eigenvalue weighted by molar-refractivity contribution is 7.14. The predicted octanol–water partition coefficient (Wildman–Crippen LogP) is 4.45. The third kappa shape index (κ3) is 3.99. The lowest BCUT2D eigenvalue weighted by molar-refractivity contribution is -0.119. The van der Waals surface area contributed by atoms with Crippen LogP contribution in [0.25, 0.3) is 11.1 Å². The van der Waals surface area contributed by atoms with Crippen LogP contribution in [0.3, 0.4) is 0 Å². The van der Waals surface area contributed by atoms with E-state index in [1.165, 1.54) is 22.7 Å². The van der Waals surface area contributed by atoms with E-state index in [4.69, 9.17) is 10.00 Å². The number of hydrogen-bond acceptors (Lipinski definition) is 6. The van der Waals surface area contributed by atoms with Gasteiger partial charge in [-0.25, -0.2) is 4.79 Å². The molecular weight excluding hydrogens is 368 g/mol. The summed E-state index contributed by atoms with van der Waals surface area (Å²) in [6.07, 6.45) is 0. The Kier molecular flexibility index (Phi) is 5.46. The summed E-state index contributed by atoms with van der Waals surface area (Å²) in [6, 6.07) is 13.3. The van der Waals surface area contributed by atoms with Gasteiger partial charge in [0, 0.05) is 5.56 Å². The lowest BCUT2D eigenvalue weighted by Crippen LogP contribution is -2.20. The number of rotatable bonds is 5. The van der Waals surface area contributed by atoms with Gasteiger partial charge in [0.05, 0.1) is 5.56 Å². The van der Waals surface area contributed by atoms with Crippen LogP contribution in [-0.2, 0) is 9.53 Å². The first-order valence-corrected chi connectivity index (χ1v) is 9.43. The molecule has 0 spiro atoms. The molecule has 0 aliphatic rings. The fraction of sp³-hybridized carbons (Fsp3) is 0.105. The number of nitrogens with one attached hydrogen (secondary N) is 1. The van der Waals surface area contributed by atoms with Gasteiger partial charge in [0.15, 0.2) is 6.61 Å². The maximum Gasteiger partial charge on any atom is 0.349 e. The molecule has 5 nitrogen and oxygen atoms in total. The van der Waals surface area contributed by atoms with Gasteiger partial charge >= 0.3 is 5.97 Å². The third-order valence-corrected chi connectivity index (χ3v) is 5.31. The van der Waals surface area contributed by atoms with Gasteiger partial charge in [-0.15, -0.1) is 22.7 Å². The van der Waals surface area contributed by atoms with Crippen molar-refractivity contribution in [3.8, 4) is 17.2 Å². The first-order valence-electron chi connectivity index (χ1n) is 7.67. The molecule has 0 radical (unpaired) electrons. The summed E-state index contributed by atoms with van der Waals surface area (Å²) in [5, 5.41) is 15.5. The Bertz CT molecular complexity index is 981. The smallest absolute Gasteiger partial charge is 0.349 e. The normalized spacial score (nSPS) is 10.2. The van der Waals surface area contributed by atoms with Crippen molar-refractivity contribution in [1.29, 1.82) is 5.26 Å². The molecule has 0 atom stereocenters. The van der Waals surface area contributed by atoms with E-state index >= 15 is 0 Å². The van der Waals surface area contributed by atoms with Crippen LogP contribution in [0.15, 0.2) is 47.2 Å². The highest BCUT2D eigenvalue weighted by atomic mass is 32.1. The SMILES string of the molecule is Cc1ccc(-c2ccsc2C(=O)OCC(=O)Nc2sccc2C#N)cc1. The van der Waals surface area contributed by atoms with Crippen molar-refractivity contribution in [3.05, 3.63) is 63.2 Å². The molecule has 0 aliphatic heterocycles. The first kappa shape index (κ1) is 17.9. The summed E-state index contributed by atoms with van der Waals surface area (Å²) in [5.74, 6) is -1.02. The Morgan fingerprint density at radius 1 is 1.12 bits per heavy atom. The molecule has 0 saturated heterocycles. The lowest BCUT2D eigenvalue weighted by Gasteiger charge is -2.07. The second-order valence-electron chi connectivity index (χ2n) is 5.43. The number of benzene rings is 1. The van der Waals surface area contributed by atoms with E-state index in [1.807, 2.05) is 48.7 Å². The monoisotopic (exact) mass is 382 g/mol. The minimum absolute atomic E-state index is 0.384. The highest BCUT2D eigenvalue weighted by Gasteiger charge is 2.18. The largest absolute Gasteiger partial charge is 0.451 e. The molecule has 26 heavy (non-hydrogen) atoms. The van der Waals surface area contributed by atoms with Crippen molar-refractivity contribution in [3.63, 3.8) is 0 Å². The Hall–Kier alpha value is -2.95. The van der Waals surface area contributed by atoms with E-state index < -0.39 is 18.5 Å². The summed E-state index contributed by atoms with van der Waals surface area (Å²) in [7, 11) is 0. The number of esters is 1. The molecule has 0 fully saturated rings. The molecule has 0 saturated carbocycles. The number of carbonyl (C=O) groups excluding carboxylic acids is 2. The molecule has 7 heteroatoms. The number of aryl methyl sites for hydroxylation is 1. The quantitative estimate of drug-likeness (QED) is 0.661. The number of thiophene rings is 2. The average molecular weight is 382 g/mol. The Morgan fingerprint density at radius 3 is 2.58 bits per heavy atom. The number of carbonyl (C=O) groups is 2. The molecule has 0 aliphatic carbocycles. The Morgan fingerprint density at radius 2 is 1.85 bits per heavy atom. The van der Waals surface area contributed by atoms with Crippen molar-refractivity contribution in [2.24, 2.45) is 0 Å². The molecule has 1 aromatic carbocycles. The van der Waals surface area contributed by atoms with Crippen LogP contribution in [0.5, 0.6) is 0 Å². The fourth-order valence-corrected chi connectivity index (χ4v) is 3.84. The van der Waals surface area contributed by atoms with Crippen LogP contribution in [0, 0.1) is 18.3 Å². The maximum atomic E-state index is 12.4. The molecule has 1 amide bonds. The zero-order chi connectivity index (χ0) is 18.5. The van der Waals surface area contributed by atoms with Gasteiger partial charge in [-0.05, 0) is 35.4 Å². The van der Waals surface area contributed by atoms with Crippen molar-refractivity contribution in [2.75, 3.05) is 11.9 Å². The summed E-state index contributed by atoms with van der Waals surface area (Å²) in [4.78, 5) is 24.8. The van der Waals surface area contributed by atoms with Crippen LogP contribution in [0.4, 0.5) is 5.00 Å². The fourth-order valence-electron chi connectivity index (χ4n) is 2.28. The van der Waals surface area contributed by atoms with Gasteiger partial charge in [-0.2, -0.15) is 5.26 Å². The summed E-state index contributed by atoms with van der Waals surface area (Å²) < 4.78 is 5.14. The molecule has 3 rings (SSSR count). The van der Waals surface area contributed by atoms with Gasteiger partial charge in [0.1, 0.15) is 15.9 Å². The van der Waals surface area contributed by atoms with E-state index in [-0.39, 0.29) is 0 Å². The van der Waals surface area contributed by atoms with E-state index in [9.17, 15) is 9.59 Å². The van der Waals surface area contributed by atoms with Crippen LogP contribution < -0.4 is 5.32 Å². The van der Waals surface area contributed by atoms with Crippen molar-refractivity contribution >= 4 is 39.6 Å². The molecule has 1 N–H and O–H groups in total. The van der Waals surface area contributed by atoms with E-state index in [1.54, 1.807) is 11.4 Å². The van der Waals surface area contributed by atoms with E-state index in [2.05, 4.69) is 5.32 Å². The average Bonchev–Trinajstić information content (AvgIpc) is 3.29. The highest BCUT2D eigenvalue weighted by Crippen LogP contribution is 2.29. The van der Waals surface area contributed by atoms with E-state index in [0.29, 0.717) is 15.4 Å². The van der Waals surface area contributed by atoms with Crippen LogP contribution >= 0.6 is 22.7 Å². The molecule has 0 unspecified atom stereocenters. The number of hydrogen-bond donors (Lipinski definition) is 1. The molecule has 130 valence electrons. The van der Waals surface area contributed by atoms with Crippen molar-refractivity contribution in [1.82, 2.24) is 0 Å². The van der Waals surface area contributed by atoms with Crippen LogP contribution in [-0.4, -0.2) is 18.5 Å². The van der Waals surface area contributed by atoms with E-state index in [0.717, 1.165) is 16.7 Å². The minimum atomic E-state index is -0.544. The summed E-state index contributed by atoms with van der Waals surface area (Å²) in [6.45, 7) is 1.59. The van der Waals surface area contributed by atoms with Crippen molar-refractivity contribution < 1.29 is 14.3 Å².